The number of nitrogens with zero attached hydrogens (tertiary/aromatic N) is 1. The van der Waals surface area contributed by atoms with Crippen LogP contribution in [0, 0.1) is 11.3 Å². The topological polar surface area (TPSA) is 76.3 Å². The van der Waals surface area contributed by atoms with E-state index >= 15 is 0 Å². The number of nitrogens with one attached hydrogen (secondary N) is 1. The predicted molar refractivity (Wildman–Crippen MR) is 69.7 cm³/mol. The Hall–Kier alpha value is -1.41. The van der Waals surface area contributed by atoms with Crippen molar-refractivity contribution < 1.29 is 10.2 Å². The van der Waals surface area contributed by atoms with Crippen LogP contribution in [-0.2, 0) is 0 Å². The van der Waals surface area contributed by atoms with Gasteiger partial charge in [0.1, 0.15) is 0 Å². The maximum atomic E-state index is 9.44. The Labute approximate surface area is 108 Å². The van der Waals surface area contributed by atoms with Gasteiger partial charge in [-0.15, -0.1) is 0 Å². The van der Waals surface area contributed by atoms with Gasteiger partial charge >= 0.3 is 0 Å². The summed E-state index contributed by atoms with van der Waals surface area (Å²) >= 11 is 0. The van der Waals surface area contributed by atoms with E-state index in [-0.39, 0.29) is 19.3 Å². The van der Waals surface area contributed by atoms with E-state index in [1.54, 1.807) is 0 Å². The number of hydrogen-bond donors (Lipinski definition) is 3. The lowest BCUT2D eigenvalue weighted by atomic mass is 9.94. The van der Waals surface area contributed by atoms with E-state index in [9.17, 15) is 10.2 Å². The Bertz CT molecular complexity index is 374. The highest BCUT2D eigenvalue weighted by atomic mass is 16.3. The predicted octanol–water partition coefficient (Wildman–Crippen LogP) is 1.36. The van der Waals surface area contributed by atoms with Gasteiger partial charge in [0.15, 0.2) is 0 Å². The summed E-state index contributed by atoms with van der Waals surface area (Å²) in [5.41, 5.74) is 0.246. The van der Waals surface area contributed by atoms with Gasteiger partial charge in [-0.2, -0.15) is 5.26 Å². The Morgan fingerprint density at radius 2 is 1.89 bits per heavy atom. The second-order valence-electron chi connectivity index (χ2n) is 4.42. The number of hydrogen-bond acceptors (Lipinski definition) is 4. The van der Waals surface area contributed by atoms with E-state index in [0.29, 0.717) is 12.8 Å². The van der Waals surface area contributed by atoms with E-state index in [1.807, 2.05) is 37.3 Å². The van der Waals surface area contributed by atoms with Crippen molar-refractivity contribution in [2.45, 2.75) is 31.3 Å². The molecule has 0 aliphatic rings. The zero-order valence-corrected chi connectivity index (χ0v) is 10.6. The third kappa shape index (κ3) is 3.54. The van der Waals surface area contributed by atoms with Crippen LogP contribution in [-0.4, -0.2) is 29.0 Å². The molecular weight excluding hydrogens is 228 g/mol. The molecule has 98 valence electrons. The second kappa shape index (κ2) is 7.12. The molecule has 0 aromatic heterocycles. The van der Waals surface area contributed by atoms with Gasteiger partial charge in [0.25, 0.3) is 0 Å². The van der Waals surface area contributed by atoms with Crippen molar-refractivity contribution in [3.8, 4) is 6.07 Å². The molecule has 0 saturated carbocycles. The highest BCUT2D eigenvalue weighted by Crippen LogP contribution is 2.21. The first-order valence-electron chi connectivity index (χ1n) is 6.12. The molecule has 0 bridgehead atoms. The normalized spacial score (nSPS) is 13.0. The van der Waals surface area contributed by atoms with Gasteiger partial charge in [0, 0.05) is 6.04 Å². The van der Waals surface area contributed by atoms with Crippen LogP contribution in [0.15, 0.2) is 30.3 Å². The maximum absolute atomic E-state index is 9.44. The Morgan fingerprint density at radius 3 is 2.33 bits per heavy atom. The van der Waals surface area contributed by atoms with E-state index in [1.165, 1.54) is 0 Å². The number of rotatable bonds is 7. The van der Waals surface area contributed by atoms with E-state index < -0.39 is 5.54 Å². The van der Waals surface area contributed by atoms with Gasteiger partial charge in [0.2, 0.25) is 0 Å². The van der Waals surface area contributed by atoms with Crippen molar-refractivity contribution in [1.29, 1.82) is 5.26 Å². The average molecular weight is 248 g/mol. The van der Waals surface area contributed by atoms with Crippen molar-refractivity contribution >= 4 is 0 Å². The number of aliphatic hydroxyl groups is 2. The third-order valence-corrected chi connectivity index (χ3v) is 3.26. The first-order chi connectivity index (χ1) is 8.71. The number of nitriles is 1. The van der Waals surface area contributed by atoms with Crippen molar-refractivity contribution in [3.63, 3.8) is 0 Å². The van der Waals surface area contributed by atoms with E-state index in [0.717, 1.165) is 5.56 Å². The summed E-state index contributed by atoms with van der Waals surface area (Å²) in [7, 11) is 0. The standard InChI is InChI=1S/C14H20N2O2/c1-2-14(10-17,11-18)16-13(8-9-15)12-6-4-3-5-7-12/h3-7,13,16-18H,2,8,10-11H2,1H3. The fourth-order valence-corrected chi connectivity index (χ4v) is 1.87. The van der Waals surface area contributed by atoms with Gasteiger partial charge in [-0.25, -0.2) is 0 Å². The molecule has 1 aromatic carbocycles. The molecule has 0 fully saturated rings. The molecule has 0 heterocycles. The van der Waals surface area contributed by atoms with Crippen LogP contribution in [0.1, 0.15) is 31.4 Å². The zero-order valence-electron chi connectivity index (χ0n) is 10.6. The Kier molecular flexibility index (Phi) is 5.79. The highest BCUT2D eigenvalue weighted by molar-refractivity contribution is 5.20. The molecular formula is C14H20N2O2. The van der Waals surface area contributed by atoms with Crippen molar-refractivity contribution in [2.24, 2.45) is 0 Å². The third-order valence-electron chi connectivity index (χ3n) is 3.26. The lowest BCUT2D eigenvalue weighted by Crippen LogP contribution is -2.52. The largest absolute Gasteiger partial charge is 0.394 e. The van der Waals surface area contributed by atoms with Gasteiger partial charge in [-0.05, 0) is 12.0 Å². The fraction of sp³-hybridized carbons (Fsp3) is 0.500. The van der Waals surface area contributed by atoms with Crippen molar-refractivity contribution in [3.05, 3.63) is 35.9 Å². The van der Waals surface area contributed by atoms with Crippen molar-refractivity contribution in [1.82, 2.24) is 5.32 Å². The smallest absolute Gasteiger partial charge is 0.0650 e. The number of benzene rings is 1. The van der Waals surface area contributed by atoms with Crippen molar-refractivity contribution in [2.75, 3.05) is 13.2 Å². The van der Waals surface area contributed by atoms with Crippen LogP contribution in [0.2, 0.25) is 0 Å². The van der Waals surface area contributed by atoms with E-state index in [4.69, 9.17) is 5.26 Å². The molecule has 3 N–H and O–H groups in total. The molecule has 1 aromatic rings. The summed E-state index contributed by atoms with van der Waals surface area (Å²) in [6.07, 6.45) is 0.889. The lowest BCUT2D eigenvalue weighted by molar-refractivity contribution is 0.0778. The van der Waals surface area contributed by atoms with Gasteiger partial charge in [0.05, 0.1) is 31.2 Å². The van der Waals surface area contributed by atoms with Gasteiger partial charge < -0.3 is 10.2 Å². The minimum Gasteiger partial charge on any atom is -0.394 e. The first-order valence-corrected chi connectivity index (χ1v) is 6.12. The van der Waals surface area contributed by atoms with E-state index in [2.05, 4.69) is 11.4 Å². The lowest BCUT2D eigenvalue weighted by Gasteiger charge is -2.34. The molecule has 4 heteroatoms. The Balaban J connectivity index is 2.90. The van der Waals surface area contributed by atoms with Crippen LogP contribution in [0.5, 0.6) is 0 Å². The zero-order chi connectivity index (χ0) is 13.4. The maximum Gasteiger partial charge on any atom is 0.0650 e. The molecule has 1 rings (SSSR count). The summed E-state index contributed by atoms with van der Waals surface area (Å²) in [5, 5.41) is 31.0. The molecule has 0 aliphatic carbocycles. The summed E-state index contributed by atoms with van der Waals surface area (Å²) in [4.78, 5) is 0. The van der Waals surface area contributed by atoms with Crippen LogP contribution in [0.25, 0.3) is 0 Å². The summed E-state index contributed by atoms with van der Waals surface area (Å²) in [6.45, 7) is 1.58. The highest BCUT2D eigenvalue weighted by Gasteiger charge is 2.29. The summed E-state index contributed by atoms with van der Waals surface area (Å²) in [5.74, 6) is 0. The fourth-order valence-electron chi connectivity index (χ4n) is 1.87. The summed E-state index contributed by atoms with van der Waals surface area (Å²) in [6, 6.07) is 11.6. The van der Waals surface area contributed by atoms with Gasteiger partial charge in [-0.1, -0.05) is 37.3 Å². The van der Waals surface area contributed by atoms with Crippen LogP contribution in [0.4, 0.5) is 0 Å². The quantitative estimate of drug-likeness (QED) is 0.681. The molecule has 0 amide bonds. The molecule has 4 nitrogen and oxygen atoms in total. The second-order valence-corrected chi connectivity index (χ2v) is 4.42. The monoisotopic (exact) mass is 248 g/mol. The number of aliphatic hydroxyl groups excluding tert-OH is 2. The minimum atomic E-state index is -0.739. The SMILES string of the molecule is CCC(CO)(CO)NC(CC#N)c1ccccc1. The molecule has 0 spiro atoms. The molecule has 18 heavy (non-hydrogen) atoms. The summed E-state index contributed by atoms with van der Waals surface area (Å²) < 4.78 is 0. The van der Waals surface area contributed by atoms with Crippen LogP contribution in [0.3, 0.4) is 0 Å². The molecule has 0 saturated heterocycles. The first kappa shape index (κ1) is 14.7. The minimum absolute atomic E-state index is 0.158. The van der Waals surface area contributed by atoms with Crippen LogP contribution < -0.4 is 5.32 Å². The van der Waals surface area contributed by atoms with Crippen LogP contribution >= 0.6 is 0 Å². The Morgan fingerprint density at radius 1 is 1.28 bits per heavy atom. The molecule has 0 aliphatic heterocycles. The molecule has 1 atom stereocenters. The van der Waals surface area contributed by atoms with Gasteiger partial charge in [-0.3, -0.25) is 5.32 Å². The average Bonchev–Trinajstić information content (AvgIpc) is 2.45. The molecule has 0 radical (unpaired) electrons. The molecule has 1 unspecified atom stereocenters.